The van der Waals surface area contributed by atoms with Gasteiger partial charge in [-0.1, -0.05) is 55.3 Å². The molecular weight excluding hydrogens is 242 g/mol. The third-order valence-electron chi connectivity index (χ3n) is 3.90. The van der Waals surface area contributed by atoms with E-state index in [1.807, 2.05) is 0 Å². The molecule has 2 aromatic rings. The van der Waals surface area contributed by atoms with Crippen molar-refractivity contribution in [3.63, 3.8) is 0 Å². The Bertz CT molecular complexity index is 575. The molecule has 0 aromatic heterocycles. The van der Waals surface area contributed by atoms with Gasteiger partial charge >= 0.3 is 0 Å². The lowest BCUT2D eigenvalue weighted by Crippen LogP contribution is -2.15. The third-order valence-corrected chi connectivity index (χ3v) is 3.90. The minimum absolute atomic E-state index is 0.0348. The molecule has 20 heavy (non-hydrogen) atoms. The van der Waals surface area contributed by atoms with Crippen LogP contribution in [-0.2, 0) is 6.42 Å². The third kappa shape index (κ3) is 3.10. The molecule has 1 atom stereocenters. The first-order chi connectivity index (χ1) is 9.52. The molecule has 0 spiro atoms. The summed E-state index contributed by atoms with van der Waals surface area (Å²) in [5.41, 5.74) is 14.3. The quantitative estimate of drug-likeness (QED) is 0.860. The maximum atomic E-state index is 6.53. The Kier molecular flexibility index (Phi) is 4.61. The summed E-state index contributed by atoms with van der Waals surface area (Å²) in [6, 6.07) is 13.1. The minimum atomic E-state index is -0.0348. The topological polar surface area (TPSA) is 26.0 Å². The van der Waals surface area contributed by atoms with Crippen LogP contribution >= 0.6 is 0 Å². The molecule has 1 heteroatoms. The zero-order valence-electron chi connectivity index (χ0n) is 13.0. The van der Waals surface area contributed by atoms with Crippen molar-refractivity contribution in [2.75, 3.05) is 0 Å². The highest BCUT2D eigenvalue weighted by Gasteiger charge is 2.14. The normalized spacial score (nSPS) is 12.4. The molecule has 0 aliphatic heterocycles. The maximum absolute atomic E-state index is 6.53. The highest BCUT2D eigenvalue weighted by Crippen LogP contribution is 2.27. The lowest BCUT2D eigenvalue weighted by Gasteiger charge is -2.19. The van der Waals surface area contributed by atoms with Crippen LogP contribution in [0, 0.1) is 20.8 Å². The van der Waals surface area contributed by atoms with Gasteiger partial charge < -0.3 is 5.73 Å². The van der Waals surface area contributed by atoms with E-state index in [1.54, 1.807) is 0 Å². The van der Waals surface area contributed by atoms with E-state index in [0.29, 0.717) is 0 Å². The van der Waals surface area contributed by atoms with Crippen molar-refractivity contribution < 1.29 is 0 Å². The fraction of sp³-hybridized carbons (Fsp3) is 0.368. The second-order valence-electron chi connectivity index (χ2n) is 5.79. The number of aryl methyl sites for hydroxylation is 4. The highest BCUT2D eigenvalue weighted by atomic mass is 14.6. The molecule has 0 heterocycles. The first kappa shape index (κ1) is 14.8. The summed E-state index contributed by atoms with van der Waals surface area (Å²) in [5, 5.41) is 0. The van der Waals surface area contributed by atoms with Crippen LogP contribution in [0.5, 0.6) is 0 Å². The number of hydrogen-bond acceptors (Lipinski definition) is 1. The Balaban J connectivity index is 2.41. The lowest BCUT2D eigenvalue weighted by atomic mass is 9.90. The van der Waals surface area contributed by atoms with E-state index in [1.165, 1.54) is 39.8 Å². The summed E-state index contributed by atoms with van der Waals surface area (Å²) < 4.78 is 0. The van der Waals surface area contributed by atoms with E-state index in [9.17, 15) is 0 Å². The summed E-state index contributed by atoms with van der Waals surface area (Å²) in [5.74, 6) is 0. The van der Waals surface area contributed by atoms with Gasteiger partial charge in [0.1, 0.15) is 0 Å². The van der Waals surface area contributed by atoms with Crippen LogP contribution in [0.25, 0.3) is 0 Å². The van der Waals surface area contributed by atoms with E-state index in [2.05, 4.69) is 64.1 Å². The van der Waals surface area contributed by atoms with E-state index < -0.39 is 0 Å². The zero-order chi connectivity index (χ0) is 14.7. The molecule has 0 saturated heterocycles. The van der Waals surface area contributed by atoms with Crippen LogP contribution in [0.3, 0.4) is 0 Å². The molecule has 2 aromatic carbocycles. The second-order valence-corrected chi connectivity index (χ2v) is 5.79. The number of hydrogen-bond donors (Lipinski definition) is 1. The Hall–Kier alpha value is -1.60. The molecular formula is C19H25N. The molecule has 0 saturated carbocycles. The standard InChI is InChI=1S/C19H25N/c1-5-7-16-8-6-9-17(12-16)19(20)18-14(3)10-13(2)11-15(18)4/h6,8-12,19H,5,7,20H2,1-4H3. The first-order valence-corrected chi connectivity index (χ1v) is 7.45. The number of benzene rings is 2. The molecule has 0 amide bonds. The van der Waals surface area contributed by atoms with Crippen molar-refractivity contribution in [2.45, 2.75) is 46.6 Å². The van der Waals surface area contributed by atoms with Crippen molar-refractivity contribution in [1.29, 1.82) is 0 Å². The second kappa shape index (κ2) is 6.23. The summed E-state index contributed by atoms with van der Waals surface area (Å²) in [6.07, 6.45) is 2.29. The van der Waals surface area contributed by atoms with Crippen molar-refractivity contribution in [1.82, 2.24) is 0 Å². The van der Waals surface area contributed by atoms with Gasteiger partial charge in [0, 0.05) is 0 Å². The molecule has 0 aliphatic rings. The number of rotatable bonds is 4. The van der Waals surface area contributed by atoms with Gasteiger partial charge in [0.15, 0.2) is 0 Å². The van der Waals surface area contributed by atoms with Gasteiger partial charge in [0.25, 0.3) is 0 Å². The van der Waals surface area contributed by atoms with Crippen LogP contribution in [0.4, 0.5) is 0 Å². The molecule has 106 valence electrons. The van der Waals surface area contributed by atoms with Crippen LogP contribution in [0.1, 0.15) is 52.8 Å². The monoisotopic (exact) mass is 267 g/mol. The van der Waals surface area contributed by atoms with Gasteiger partial charge in [-0.05, 0) is 55.0 Å². The zero-order valence-corrected chi connectivity index (χ0v) is 13.0. The highest BCUT2D eigenvalue weighted by molar-refractivity contribution is 5.44. The van der Waals surface area contributed by atoms with Crippen molar-refractivity contribution in [3.8, 4) is 0 Å². The average molecular weight is 267 g/mol. The fourth-order valence-corrected chi connectivity index (χ4v) is 3.08. The predicted octanol–water partition coefficient (Wildman–Crippen LogP) is 4.61. The van der Waals surface area contributed by atoms with E-state index >= 15 is 0 Å². The van der Waals surface area contributed by atoms with Gasteiger partial charge in [0.2, 0.25) is 0 Å². The van der Waals surface area contributed by atoms with Crippen molar-refractivity contribution in [3.05, 3.63) is 69.8 Å². The Morgan fingerprint density at radius 2 is 1.65 bits per heavy atom. The molecule has 1 unspecified atom stereocenters. The summed E-state index contributed by atoms with van der Waals surface area (Å²) >= 11 is 0. The minimum Gasteiger partial charge on any atom is -0.320 e. The molecule has 0 bridgehead atoms. The number of nitrogens with two attached hydrogens (primary N) is 1. The van der Waals surface area contributed by atoms with Crippen LogP contribution < -0.4 is 5.73 Å². The molecule has 2 N–H and O–H groups in total. The van der Waals surface area contributed by atoms with Gasteiger partial charge in [-0.25, -0.2) is 0 Å². The molecule has 0 aliphatic carbocycles. The molecule has 0 fully saturated rings. The van der Waals surface area contributed by atoms with Gasteiger partial charge in [0.05, 0.1) is 6.04 Å². The lowest BCUT2D eigenvalue weighted by molar-refractivity contribution is 0.841. The average Bonchev–Trinajstić information content (AvgIpc) is 2.38. The SMILES string of the molecule is CCCc1cccc(C(N)c2c(C)cc(C)cc2C)c1. The van der Waals surface area contributed by atoms with E-state index in [-0.39, 0.29) is 6.04 Å². The van der Waals surface area contributed by atoms with Crippen molar-refractivity contribution >= 4 is 0 Å². The van der Waals surface area contributed by atoms with Crippen LogP contribution in [0.2, 0.25) is 0 Å². The fourth-order valence-electron chi connectivity index (χ4n) is 3.08. The van der Waals surface area contributed by atoms with Crippen LogP contribution in [0.15, 0.2) is 36.4 Å². The first-order valence-electron chi connectivity index (χ1n) is 7.45. The summed E-state index contributed by atoms with van der Waals surface area (Å²) in [6.45, 7) is 8.66. The molecule has 0 radical (unpaired) electrons. The Morgan fingerprint density at radius 1 is 1.00 bits per heavy atom. The summed E-state index contributed by atoms with van der Waals surface area (Å²) in [7, 11) is 0. The van der Waals surface area contributed by atoms with Gasteiger partial charge in [-0.2, -0.15) is 0 Å². The molecule has 2 rings (SSSR count). The predicted molar refractivity (Wildman–Crippen MR) is 87.1 cm³/mol. The van der Waals surface area contributed by atoms with Crippen LogP contribution in [-0.4, -0.2) is 0 Å². The van der Waals surface area contributed by atoms with Gasteiger partial charge in [-0.3, -0.25) is 0 Å². The smallest absolute Gasteiger partial charge is 0.0556 e. The largest absolute Gasteiger partial charge is 0.320 e. The Labute approximate surface area is 122 Å². The van der Waals surface area contributed by atoms with Crippen molar-refractivity contribution in [2.24, 2.45) is 5.73 Å². The summed E-state index contributed by atoms with van der Waals surface area (Å²) in [4.78, 5) is 0. The van der Waals surface area contributed by atoms with Gasteiger partial charge in [-0.15, -0.1) is 0 Å². The molecule has 1 nitrogen and oxygen atoms in total. The maximum Gasteiger partial charge on any atom is 0.0556 e. The Morgan fingerprint density at radius 3 is 2.25 bits per heavy atom. The van der Waals surface area contributed by atoms with E-state index in [4.69, 9.17) is 5.73 Å². The van der Waals surface area contributed by atoms with E-state index in [0.717, 1.165) is 6.42 Å².